The lowest BCUT2D eigenvalue weighted by Gasteiger charge is -2.19. The molecule has 0 saturated carbocycles. The van der Waals surface area contributed by atoms with E-state index in [2.05, 4.69) is 13.8 Å². The van der Waals surface area contributed by atoms with Crippen LogP contribution in [0.25, 0.3) is 0 Å². The smallest absolute Gasteiger partial charge is 0.255 e. The highest BCUT2D eigenvalue weighted by Crippen LogP contribution is 2.26. The highest BCUT2D eigenvalue weighted by atomic mass is 16.2. The predicted molar refractivity (Wildman–Crippen MR) is 74.4 cm³/mol. The summed E-state index contributed by atoms with van der Waals surface area (Å²) in [5.74, 6) is 1.34. The number of rotatable bonds is 2. The Hall–Kier alpha value is -1.51. The first kappa shape index (κ1) is 12.9. The van der Waals surface area contributed by atoms with Gasteiger partial charge in [0.2, 0.25) is 0 Å². The summed E-state index contributed by atoms with van der Waals surface area (Å²) < 4.78 is 0. The van der Waals surface area contributed by atoms with Crippen LogP contribution in [0.4, 0.5) is 5.69 Å². The summed E-state index contributed by atoms with van der Waals surface area (Å²) >= 11 is 0. The average Bonchev–Trinajstić information content (AvgIpc) is 2.81. The molecule has 1 heterocycles. The van der Waals surface area contributed by atoms with Crippen molar-refractivity contribution in [3.8, 4) is 0 Å². The topological polar surface area (TPSA) is 46.3 Å². The van der Waals surface area contributed by atoms with Gasteiger partial charge in [-0.05, 0) is 37.3 Å². The van der Waals surface area contributed by atoms with Crippen LogP contribution in [0.1, 0.15) is 36.2 Å². The number of likely N-dealkylation sites (tertiary alicyclic amines) is 1. The van der Waals surface area contributed by atoms with Gasteiger partial charge in [-0.15, -0.1) is 0 Å². The standard InChI is InChI=1S/C15H22N2O/c1-10(2)12-6-7-17(9-12)15(18)13-8-11(3)4-5-14(13)16/h4-5,8,10,12H,6-7,9,16H2,1-3H3. The minimum atomic E-state index is 0.0827. The molecular formula is C15H22N2O. The summed E-state index contributed by atoms with van der Waals surface area (Å²) in [6, 6.07) is 5.64. The Kier molecular flexibility index (Phi) is 3.60. The molecule has 1 aromatic carbocycles. The minimum Gasteiger partial charge on any atom is -0.398 e. The van der Waals surface area contributed by atoms with Crippen molar-refractivity contribution in [1.82, 2.24) is 4.90 Å². The van der Waals surface area contributed by atoms with Crippen LogP contribution in [0.15, 0.2) is 18.2 Å². The van der Waals surface area contributed by atoms with Gasteiger partial charge in [-0.1, -0.05) is 25.5 Å². The predicted octanol–water partition coefficient (Wildman–Crippen LogP) is 2.70. The lowest BCUT2D eigenvalue weighted by Crippen LogP contribution is -2.30. The zero-order chi connectivity index (χ0) is 13.3. The van der Waals surface area contributed by atoms with E-state index in [1.165, 1.54) is 0 Å². The van der Waals surface area contributed by atoms with E-state index in [-0.39, 0.29) is 5.91 Å². The van der Waals surface area contributed by atoms with Crippen LogP contribution >= 0.6 is 0 Å². The lowest BCUT2D eigenvalue weighted by molar-refractivity contribution is 0.0785. The van der Waals surface area contributed by atoms with Gasteiger partial charge in [0, 0.05) is 18.8 Å². The number of nitrogens with two attached hydrogens (primary N) is 1. The number of anilines is 1. The van der Waals surface area contributed by atoms with Crippen LogP contribution < -0.4 is 5.73 Å². The Morgan fingerprint density at radius 1 is 1.44 bits per heavy atom. The maximum absolute atomic E-state index is 12.4. The molecule has 1 fully saturated rings. The molecule has 1 aromatic rings. The summed E-state index contributed by atoms with van der Waals surface area (Å²) in [6.07, 6.45) is 1.11. The maximum atomic E-state index is 12.4. The minimum absolute atomic E-state index is 0.0827. The van der Waals surface area contributed by atoms with Gasteiger partial charge in [0.15, 0.2) is 0 Å². The lowest BCUT2D eigenvalue weighted by atomic mass is 9.95. The van der Waals surface area contributed by atoms with Crippen LogP contribution in [-0.2, 0) is 0 Å². The molecule has 18 heavy (non-hydrogen) atoms. The largest absolute Gasteiger partial charge is 0.398 e. The van der Waals surface area contributed by atoms with Crippen molar-refractivity contribution in [2.75, 3.05) is 18.8 Å². The number of nitrogens with zero attached hydrogens (tertiary/aromatic N) is 1. The number of aryl methyl sites for hydroxylation is 1. The van der Waals surface area contributed by atoms with Gasteiger partial charge in [-0.2, -0.15) is 0 Å². The van der Waals surface area contributed by atoms with Gasteiger partial charge < -0.3 is 10.6 Å². The van der Waals surface area contributed by atoms with E-state index in [0.717, 1.165) is 25.1 Å². The van der Waals surface area contributed by atoms with E-state index in [1.807, 2.05) is 30.0 Å². The normalized spacial score (nSPS) is 19.6. The molecule has 1 saturated heterocycles. The molecule has 0 aromatic heterocycles. The van der Waals surface area contributed by atoms with Gasteiger partial charge in [0.05, 0.1) is 5.56 Å². The Labute approximate surface area is 109 Å². The van der Waals surface area contributed by atoms with Crippen molar-refractivity contribution >= 4 is 11.6 Å². The highest BCUT2D eigenvalue weighted by molar-refractivity contribution is 5.99. The summed E-state index contributed by atoms with van der Waals surface area (Å²) in [6.45, 7) is 8.15. The number of amides is 1. The number of benzene rings is 1. The van der Waals surface area contributed by atoms with Gasteiger partial charge >= 0.3 is 0 Å². The Morgan fingerprint density at radius 3 is 2.78 bits per heavy atom. The van der Waals surface area contributed by atoms with E-state index < -0.39 is 0 Å². The third-order valence-electron chi connectivity index (χ3n) is 3.89. The van der Waals surface area contributed by atoms with E-state index in [1.54, 1.807) is 0 Å². The molecule has 2 rings (SSSR count). The second-order valence-electron chi connectivity index (χ2n) is 5.63. The van der Waals surface area contributed by atoms with Crippen LogP contribution in [-0.4, -0.2) is 23.9 Å². The zero-order valence-corrected chi connectivity index (χ0v) is 11.4. The van der Waals surface area contributed by atoms with Crippen LogP contribution in [0.2, 0.25) is 0 Å². The average molecular weight is 246 g/mol. The molecule has 1 atom stereocenters. The van der Waals surface area contributed by atoms with Crippen molar-refractivity contribution in [1.29, 1.82) is 0 Å². The first-order chi connectivity index (χ1) is 8.49. The second kappa shape index (κ2) is 5.01. The monoisotopic (exact) mass is 246 g/mol. The van der Waals surface area contributed by atoms with E-state index in [0.29, 0.717) is 23.1 Å². The summed E-state index contributed by atoms with van der Waals surface area (Å²) in [5.41, 5.74) is 8.22. The van der Waals surface area contributed by atoms with Gasteiger partial charge in [0.1, 0.15) is 0 Å². The molecule has 1 amide bonds. The Bertz CT molecular complexity index is 454. The molecular weight excluding hydrogens is 224 g/mol. The van der Waals surface area contributed by atoms with Crippen molar-refractivity contribution in [2.45, 2.75) is 27.2 Å². The first-order valence-electron chi connectivity index (χ1n) is 6.64. The number of nitrogen functional groups attached to an aromatic ring is 1. The second-order valence-corrected chi connectivity index (χ2v) is 5.63. The van der Waals surface area contributed by atoms with Crippen molar-refractivity contribution in [3.05, 3.63) is 29.3 Å². The summed E-state index contributed by atoms with van der Waals surface area (Å²) in [4.78, 5) is 14.4. The van der Waals surface area contributed by atoms with Crippen molar-refractivity contribution < 1.29 is 4.79 Å². The van der Waals surface area contributed by atoms with Gasteiger partial charge in [-0.3, -0.25) is 4.79 Å². The molecule has 0 aliphatic carbocycles. The Morgan fingerprint density at radius 2 is 2.17 bits per heavy atom. The first-order valence-corrected chi connectivity index (χ1v) is 6.64. The van der Waals surface area contributed by atoms with Crippen molar-refractivity contribution in [3.63, 3.8) is 0 Å². The molecule has 3 nitrogen and oxygen atoms in total. The molecule has 1 unspecified atom stereocenters. The molecule has 0 bridgehead atoms. The fourth-order valence-corrected chi connectivity index (χ4v) is 2.54. The molecule has 0 spiro atoms. The number of hydrogen-bond acceptors (Lipinski definition) is 2. The van der Waals surface area contributed by atoms with E-state index >= 15 is 0 Å². The van der Waals surface area contributed by atoms with Gasteiger partial charge in [-0.25, -0.2) is 0 Å². The fraction of sp³-hybridized carbons (Fsp3) is 0.533. The SMILES string of the molecule is Cc1ccc(N)c(C(=O)N2CCC(C(C)C)C2)c1. The fourth-order valence-electron chi connectivity index (χ4n) is 2.54. The van der Waals surface area contributed by atoms with Crippen LogP contribution in [0.5, 0.6) is 0 Å². The molecule has 98 valence electrons. The Balaban J connectivity index is 2.15. The van der Waals surface area contributed by atoms with E-state index in [9.17, 15) is 4.79 Å². The summed E-state index contributed by atoms with van der Waals surface area (Å²) in [7, 11) is 0. The third kappa shape index (κ3) is 2.50. The number of carbonyl (C=O) groups excluding carboxylic acids is 1. The molecule has 0 radical (unpaired) electrons. The highest BCUT2D eigenvalue weighted by Gasteiger charge is 2.29. The van der Waals surface area contributed by atoms with Crippen LogP contribution in [0.3, 0.4) is 0 Å². The van der Waals surface area contributed by atoms with Gasteiger partial charge in [0.25, 0.3) is 5.91 Å². The zero-order valence-electron chi connectivity index (χ0n) is 11.4. The quantitative estimate of drug-likeness (QED) is 0.815. The third-order valence-corrected chi connectivity index (χ3v) is 3.89. The molecule has 3 heteroatoms. The maximum Gasteiger partial charge on any atom is 0.255 e. The molecule has 1 aliphatic heterocycles. The van der Waals surface area contributed by atoms with Crippen LogP contribution in [0, 0.1) is 18.8 Å². The molecule has 2 N–H and O–H groups in total. The number of carbonyl (C=O) groups is 1. The summed E-state index contributed by atoms with van der Waals surface area (Å²) in [5, 5.41) is 0. The molecule has 1 aliphatic rings. The van der Waals surface area contributed by atoms with Crippen molar-refractivity contribution in [2.24, 2.45) is 11.8 Å². The number of hydrogen-bond donors (Lipinski definition) is 1. The van der Waals surface area contributed by atoms with E-state index in [4.69, 9.17) is 5.73 Å².